The molecule has 0 spiro atoms. The number of likely N-dealkylation sites (tertiary alicyclic amines) is 1. The summed E-state index contributed by atoms with van der Waals surface area (Å²) in [4.78, 5) is 2.53. The van der Waals surface area contributed by atoms with Gasteiger partial charge in [0.25, 0.3) is 0 Å². The summed E-state index contributed by atoms with van der Waals surface area (Å²) in [5, 5.41) is 4.35. The van der Waals surface area contributed by atoms with Crippen molar-refractivity contribution in [3.05, 3.63) is 12.4 Å². The Bertz CT molecular complexity index is 327. The van der Waals surface area contributed by atoms with Gasteiger partial charge in [-0.3, -0.25) is 4.68 Å². The lowest BCUT2D eigenvalue weighted by molar-refractivity contribution is 0.147. The normalized spacial score (nSPS) is 19.2. The van der Waals surface area contributed by atoms with E-state index in [1.165, 1.54) is 25.9 Å². The zero-order valence-corrected chi connectivity index (χ0v) is 10.4. The summed E-state index contributed by atoms with van der Waals surface area (Å²) in [6, 6.07) is 1.20. The number of ether oxygens (including phenoxy) is 1. The van der Waals surface area contributed by atoms with E-state index in [9.17, 15) is 0 Å². The molecule has 0 unspecified atom stereocenters. The van der Waals surface area contributed by atoms with Crippen molar-refractivity contribution in [1.29, 1.82) is 0 Å². The predicted molar refractivity (Wildman–Crippen MR) is 63.8 cm³/mol. The average molecular weight is 223 g/mol. The van der Waals surface area contributed by atoms with Gasteiger partial charge in [-0.1, -0.05) is 0 Å². The molecule has 0 N–H and O–H groups in total. The van der Waals surface area contributed by atoms with Crippen LogP contribution in [0.15, 0.2) is 12.4 Å². The molecular formula is C12H21N3O. The summed E-state index contributed by atoms with van der Waals surface area (Å²) in [6.45, 7) is 6.86. The molecule has 0 bridgehead atoms. The molecule has 1 aliphatic rings. The molecule has 0 saturated carbocycles. The van der Waals surface area contributed by atoms with Crippen molar-refractivity contribution in [2.24, 2.45) is 0 Å². The summed E-state index contributed by atoms with van der Waals surface area (Å²) in [7, 11) is 1.68. The molecule has 2 heterocycles. The van der Waals surface area contributed by atoms with Gasteiger partial charge in [-0.2, -0.15) is 5.10 Å². The molecule has 4 nitrogen and oxygen atoms in total. The Morgan fingerprint density at radius 3 is 2.56 bits per heavy atom. The highest BCUT2D eigenvalue weighted by atomic mass is 16.5. The van der Waals surface area contributed by atoms with Gasteiger partial charge in [0.1, 0.15) is 0 Å². The van der Waals surface area contributed by atoms with Gasteiger partial charge in [0.05, 0.1) is 25.5 Å². The second-order valence-electron chi connectivity index (χ2n) is 4.72. The van der Waals surface area contributed by atoms with Crippen molar-refractivity contribution in [1.82, 2.24) is 14.7 Å². The number of hydrogen-bond donors (Lipinski definition) is 0. The number of nitrogens with zero attached hydrogens (tertiary/aromatic N) is 3. The average Bonchev–Trinajstić information content (AvgIpc) is 2.77. The third-order valence-corrected chi connectivity index (χ3v) is 3.42. The summed E-state index contributed by atoms with van der Waals surface area (Å²) in [5.41, 5.74) is 0. The maximum atomic E-state index is 5.15. The molecule has 0 radical (unpaired) electrons. The van der Waals surface area contributed by atoms with Gasteiger partial charge >= 0.3 is 0 Å². The molecule has 1 aliphatic heterocycles. The summed E-state index contributed by atoms with van der Waals surface area (Å²) in [5.74, 6) is 0.853. The zero-order valence-electron chi connectivity index (χ0n) is 10.4. The lowest BCUT2D eigenvalue weighted by atomic mass is 10.0. The van der Waals surface area contributed by atoms with Crippen molar-refractivity contribution in [3.8, 4) is 5.75 Å². The van der Waals surface area contributed by atoms with Gasteiger partial charge in [-0.15, -0.1) is 0 Å². The zero-order chi connectivity index (χ0) is 11.5. The Kier molecular flexibility index (Phi) is 3.49. The highest BCUT2D eigenvalue weighted by Crippen LogP contribution is 2.24. The summed E-state index contributed by atoms with van der Waals surface area (Å²) >= 11 is 0. The highest BCUT2D eigenvalue weighted by Gasteiger charge is 2.22. The van der Waals surface area contributed by atoms with Gasteiger partial charge in [0.2, 0.25) is 0 Å². The van der Waals surface area contributed by atoms with Crippen molar-refractivity contribution < 1.29 is 4.74 Å². The molecule has 0 atom stereocenters. The first-order chi connectivity index (χ1) is 7.70. The van der Waals surface area contributed by atoms with E-state index in [2.05, 4.69) is 28.5 Å². The largest absolute Gasteiger partial charge is 0.493 e. The molecule has 16 heavy (non-hydrogen) atoms. The molecule has 1 aromatic rings. The van der Waals surface area contributed by atoms with E-state index in [1.807, 2.05) is 6.20 Å². The monoisotopic (exact) mass is 223 g/mol. The van der Waals surface area contributed by atoms with Crippen LogP contribution < -0.4 is 4.74 Å². The van der Waals surface area contributed by atoms with Crippen molar-refractivity contribution in [2.75, 3.05) is 20.2 Å². The third kappa shape index (κ3) is 2.38. The lowest BCUT2D eigenvalue weighted by Gasteiger charge is -2.34. The quantitative estimate of drug-likeness (QED) is 0.784. The van der Waals surface area contributed by atoms with Gasteiger partial charge in [-0.25, -0.2) is 0 Å². The van der Waals surface area contributed by atoms with E-state index in [0.29, 0.717) is 12.1 Å². The van der Waals surface area contributed by atoms with Crippen LogP contribution in [0, 0.1) is 0 Å². The number of piperidine rings is 1. The van der Waals surface area contributed by atoms with Crippen LogP contribution in [-0.2, 0) is 0 Å². The van der Waals surface area contributed by atoms with Crippen LogP contribution >= 0.6 is 0 Å². The van der Waals surface area contributed by atoms with Crippen molar-refractivity contribution >= 4 is 0 Å². The summed E-state index contributed by atoms with van der Waals surface area (Å²) < 4.78 is 7.20. The first kappa shape index (κ1) is 11.5. The number of hydrogen-bond acceptors (Lipinski definition) is 3. The van der Waals surface area contributed by atoms with Crippen LogP contribution in [0.5, 0.6) is 5.75 Å². The standard InChI is InChI=1S/C12H21N3O/c1-10(2)14-6-4-11(5-7-14)15-9-12(16-3)8-13-15/h8-11H,4-7H2,1-3H3. The Morgan fingerprint density at radius 1 is 1.38 bits per heavy atom. The van der Waals surface area contributed by atoms with Gasteiger partial charge in [-0.05, 0) is 26.7 Å². The van der Waals surface area contributed by atoms with Crippen LogP contribution in [0.4, 0.5) is 0 Å². The Morgan fingerprint density at radius 2 is 2.06 bits per heavy atom. The predicted octanol–water partition coefficient (Wildman–Crippen LogP) is 1.94. The number of rotatable bonds is 3. The molecule has 1 fully saturated rings. The Labute approximate surface area is 97.2 Å². The Hall–Kier alpha value is -1.03. The van der Waals surface area contributed by atoms with E-state index < -0.39 is 0 Å². The fourth-order valence-corrected chi connectivity index (χ4v) is 2.29. The smallest absolute Gasteiger partial charge is 0.156 e. The van der Waals surface area contributed by atoms with Gasteiger partial charge in [0, 0.05) is 19.1 Å². The minimum absolute atomic E-state index is 0.541. The molecule has 1 aromatic heterocycles. The lowest BCUT2D eigenvalue weighted by Crippen LogP contribution is -2.39. The van der Waals surface area contributed by atoms with E-state index >= 15 is 0 Å². The molecule has 1 saturated heterocycles. The second-order valence-corrected chi connectivity index (χ2v) is 4.72. The van der Waals surface area contributed by atoms with Gasteiger partial charge in [0.15, 0.2) is 5.75 Å². The van der Waals surface area contributed by atoms with E-state index in [0.717, 1.165) is 5.75 Å². The van der Waals surface area contributed by atoms with E-state index in [1.54, 1.807) is 13.3 Å². The Balaban J connectivity index is 1.93. The number of aromatic nitrogens is 2. The van der Waals surface area contributed by atoms with E-state index in [-0.39, 0.29) is 0 Å². The topological polar surface area (TPSA) is 30.3 Å². The fraction of sp³-hybridized carbons (Fsp3) is 0.750. The molecule has 2 rings (SSSR count). The SMILES string of the molecule is COc1cnn(C2CCN(C(C)C)CC2)c1. The van der Waals surface area contributed by atoms with Crippen LogP contribution in [0.3, 0.4) is 0 Å². The first-order valence-corrected chi connectivity index (χ1v) is 6.03. The molecule has 0 aromatic carbocycles. The van der Waals surface area contributed by atoms with Gasteiger partial charge < -0.3 is 9.64 Å². The van der Waals surface area contributed by atoms with E-state index in [4.69, 9.17) is 4.74 Å². The minimum atomic E-state index is 0.541. The van der Waals surface area contributed by atoms with Crippen molar-refractivity contribution in [3.63, 3.8) is 0 Å². The molecular weight excluding hydrogens is 202 g/mol. The molecule has 4 heteroatoms. The second kappa shape index (κ2) is 4.87. The van der Waals surface area contributed by atoms with Crippen LogP contribution in [-0.4, -0.2) is 40.9 Å². The molecule has 0 amide bonds. The molecule has 0 aliphatic carbocycles. The maximum Gasteiger partial charge on any atom is 0.156 e. The third-order valence-electron chi connectivity index (χ3n) is 3.42. The molecule has 90 valence electrons. The number of methoxy groups -OCH3 is 1. The van der Waals surface area contributed by atoms with Crippen LogP contribution in [0.1, 0.15) is 32.7 Å². The highest BCUT2D eigenvalue weighted by molar-refractivity contribution is 5.11. The minimum Gasteiger partial charge on any atom is -0.493 e. The maximum absolute atomic E-state index is 5.15. The first-order valence-electron chi connectivity index (χ1n) is 6.03. The summed E-state index contributed by atoms with van der Waals surface area (Å²) in [6.07, 6.45) is 6.15. The fourth-order valence-electron chi connectivity index (χ4n) is 2.29. The van der Waals surface area contributed by atoms with Crippen molar-refractivity contribution in [2.45, 2.75) is 38.8 Å². The van der Waals surface area contributed by atoms with Crippen LogP contribution in [0.2, 0.25) is 0 Å². The van der Waals surface area contributed by atoms with Crippen LogP contribution in [0.25, 0.3) is 0 Å².